The molecular weight excluding hydrogens is 622 g/mol. The first-order valence-electron chi connectivity index (χ1n) is 11.8. The normalized spacial score (nSPS) is 13.9. The Hall–Kier alpha value is -3.80. The SMILES string of the molecule is COc1cc(/C=C2/SC(=O)N(CC(=O)Nc3ccc(Br)c(Cl)c3)C2=O)ccc1OCC(=O)Nc1ccc(C)cc1. The minimum absolute atomic E-state index is 0.151. The molecule has 0 atom stereocenters. The number of benzene rings is 3. The minimum Gasteiger partial charge on any atom is -0.493 e. The van der Waals surface area contributed by atoms with Gasteiger partial charge < -0.3 is 20.1 Å². The topological polar surface area (TPSA) is 114 Å². The van der Waals surface area contributed by atoms with Crippen molar-refractivity contribution < 1.29 is 28.7 Å². The monoisotopic (exact) mass is 643 g/mol. The third-order valence-electron chi connectivity index (χ3n) is 5.56. The molecule has 0 aliphatic carbocycles. The molecule has 3 aromatic carbocycles. The molecule has 0 unspecified atom stereocenters. The summed E-state index contributed by atoms with van der Waals surface area (Å²) in [5.74, 6) is -0.807. The molecule has 12 heteroatoms. The Morgan fingerprint density at radius 1 is 0.975 bits per heavy atom. The molecule has 1 heterocycles. The number of aryl methyl sites for hydroxylation is 1. The van der Waals surface area contributed by atoms with E-state index in [9.17, 15) is 19.2 Å². The number of methoxy groups -OCH3 is 1. The molecule has 4 amide bonds. The Bertz CT molecular complexity index is 1510. The van der Waals surface area contributed by atoms with Crippen molar-refractivity contribution >= 4 is 79.7 Å². The number of thioether (sulfide) groups is 1. The van der Waals surface area contributed by atoms with E-state index in [1.165, 1.54) is 13.2 Å². The van der Waals surface area contributed by atoms with Crippen LogP contribution >= 0.6 is 39.3 Å². The van der Waals surface area contributed by atoms with E-state index in [1.807, 2.05) is 19.1 Å². The van der Waals surface area contributed by atoms with Crippen LogP contribution < -0.4 is 20.1 Å². The predicted molar refractivity (Wildman–Crippen MR) is 159 cm³/mol. The quantitative estimate of drug-likeness (QED) is 0.270. The number of amides is 4. The fourth-order valence-corrected chi connectivity index (χ4v) is 4.84. The van der Waals surface area contributed by atoms with E-state index in [1.54, 1.807) is 48.5 Å². The van der Waals surface area contributed by atoms with E-state index in [-0.39, 0.29) is 17.4 Å². The van der Waals surface area contributed by atoms with Gasteiger partial charge in [0, 0.05) is 15.8 Å². The summed E-state index contributed by atoms with van der Waals surface area (Å²) in [6.07, 6.45) is 1.52. The summed E-state index contributed by atoms with van der Waals surface area (Å²) in [6.45, 7) is 1.27. The summed E-state index contributed by atoms with van der Waals surface area (Å²) in [7, 11) is 1.45. The van der Waals surface area contributed by atoms with Gasteiger partial charge in [-0.25, -0.2) is 0 Å². The first kappa shape index (κ1) is 29.2. The van der Waals surface area contributed by atoms with Crippen LogP contribution in [0.5, 0.6) is 11.5 Å². The van der Waals surface area contributed by atoms with Gasteiger partial charge in [-0.2, -0.15) is 0 Å². The Kier molecular flexibility index (Phi) is 9.51. The van der Waals surface area contributed by atoms with E-state index in [4.69, 9.17) is 21.1 Å². The van der Waals surface area contributed by atoms with Gasteiger partial charge in [-0.15, -0.1) is 0 Å². The van der Waals surface area contributed by atoms with Gasteiger partial charge in [0.25, 0.3) is 17.1 Å². The molecule has 1 aliphatic rings. The first-order chi connectivity index (χ1) is 19.1. The maximum absolute atomic E-state index is 12.9. The first-order valence-corrected chi connectivity index (χ1v) is 13.8. The van der Waals surface area contributed by atoms with Gasteiger partial charge >= 0.3 is 0 Å². The number of halogens is 2. The third-order valence-corrected chi connectivity index (χ3v) is 7.70. The van der Waals surface area contributed by atoms with E-state index in [0.29, 0.717) is 37.9 Å². The van der Waals surface area contributed by atoms with Gasteiger partial charge in [-0.3, -0.25) is 24.1 Å². The molecule has 9 nitrogen and oxygen atoms in total. The Morgan fingerprint density at radius 2 is 1.68 bits per heavy atom. The largest absolute Gasteiger partial charge is 0.493 e. The van der Waals surface area contributed by atoms with Crippen LogP contribution in [0.4, 0.5) is 16.2 Å². The Morgan fingerprint density at radius 3 is 2.38 bits per heavy atom. The lowest BCUT2D eigenvalue weighted by Crippen LogP contribution is -2.36. The van der Waals surface area contributed by atoms with E-state index in [0.717, 1.165) is 22.2 Å². The van der Waals surface area contributed by atoms with Gasteiger partial charge in [0.1, 0.15) is 6.54 Å². The Balaban J connectivity index is 1.37. The lowest BCUT2D eigenvalue weighted by molar-refractivity contribution is -0.127. The molecule has 1 fully saturated rings. The predicted octanol–water partition coefficient (Wildman–Crippen LogP) is 6.11. The van der Waals surface area contributed by atoms with Crippen LogP contribution in [-0.4, -0.2) is 48.1 Å². The van der Waals surface area contributed by atoms with E-state index >= 15 is 0 Å². The maximum Gasteiger partial charge on any atom is 0.294 e. The summed E-state index contributed by atoms with van der Waals surface area (Å²) in [5, 5.41) is 5.22. The number of nitrogens with one attached hydrogen (secondary N) is 2. The molecule has 0 radical (unpaired) electrons. The second-order valence-electron chi connectivity index (χ2n) is 8.56. The number of carbonyl (C=O) groups excluding carboxylic acids is 4. The highest BCUT2D eigenvalue weighted by Gasteiger charge is 2.36. The number of hydrogen-bond acceptors (Lipinski definition) is 7. The second kappa shape index (κ2) is 13.0. The summed E-state index contributed by atoms with van der Waals surface area (Å²) in [4.78, 5) is 51.1. The average molecular weight is 645 g/mol. The van der Waals surface area contributed by atoms with Gasteiger partial charge in [-0.1, -0.05) is 35.4 Å². The van der Waals surface area contributed by atoms with E-state index in [2.05, 4.69) is 26.6 Å². The zero-order valence-corrected chi connectivity index (χ0v) is 24.5. The number of rotatable bonds is 9. The molecule has 40 heavy (non-hydrogen) atoms. The number of carbonyl (C=O) groups is 4. The van der Waals surface area contributed by atoms with E-state index < -0.39 is 23.6 Å². The summed E-state index contributed by atoms with van der Waals surface area (Å²) >= 11 is 10.0. The molecular formula is C28H23BrClN3O6S. The molecule has 0 spiro atoms. The van der Waals surface area contributed by atoms with Crippen molar-refractivity contribution in [2.75, 3.05) is 30.9 Å². The molecule has 2 N–H and O–H groups in total. The molecule has 0 aromatic heterocycles. The van der Waals surface area contributed by atoms with Gasteiger partial charge in [-0.05, 0) is 88.7 Å². The molecule has 206 valence electrons. The second-order valence-corrected chi connectivity index (χ2v) is 10.8. The smallest absolute Gasteiger partial charge is 0.294 e. The van der Waals surface area contributed by atoms with Gasteiger partial charge in [0.2, 0.25) is 5.91 Å². The van der Waals surface area contributed by atoms with Crippen molar-refractivity contribution in [3.8, 4) is 11.5 Å². The number of ether oxygens (including phenoxy) is 2. The van der Waals surface area contributed by atoms with Crippen LogP contribution in [0.3, 0.4) is 0 Å². The van der Waals surface area contributed by atoms with Crippen LogP contribution in [0.2, 0.25) is 5.02 Å². The van der Waals surface area contributed by atoms with Crippen LogP contribution in [0.15, 0.2) is 70.0 Å². The molecule has 0 bridgehead atoms. The molecule has 3 aromatic rings. The number of imide groups is 1. The standard InChI is InChI=1S/C28H23BrClN3O6S/c1-16-3-6-18(7-4-16)31-26(35)15-39-22-10-5-17(11-23(22)38-2)12-24-27(36)33(28(37)40-24)14-25(34)32-19-8-9-20(29)21(30)13-19/h3-13H,14-15H2,1-2H3,(H,31,35)(H,32,34)/b24-12+. The van der Waals surface area contributed by atoms with Crippen molar-refractivity contribution in [2.45, 2.75) is 6.92 Å². The number of anilines is 2. The van der Waals surface area contributed by atoms with Gasteiger partial charge in [0.15, 0.2) is 18.1 Å². The van der Waals surface area contributed by atoms with Crippen molar-refractivity contribution in [3.05, 3.63) is 86.2 Å². The highest BCUT2D eigenvalue weighted by molar-refractivity contribution is 9.10. The maximum atomic E-state index is 12.9. The van der Waals surface area contributed by atoms with Crippen LogP contribution in [-0.2, 0) is 14.4 Å². The van der Waals surface area contributed by atoms with Crippen molar-refractivity contribution in [2.24, 2.45) is 0 Å². The summed E-state index contributed by atoms with van der Waals surface area (Å²) in [6, 6.07) is 17.1. The van der Waals surface area contributed by atoms with Gasteiger partial charge in [0.05, 0.1) is 17.0 Å². The lowest BCUT2D eigenvalue weighted by atomic mass is 10.2. The average Bonchev–Trinajstić information content (AvgIpc) is 3.18. The summed E-state index contributed by atoms with van der Waals surface area (Å²) < 4.78 is 11.7. The number of hydrogen-bond donors (Lipinski definition) is 2. The minimum atomic E-state index is -0.592. The van der Waals surface area contributed by atoms with Crippen LogP contribution in [0.1, 0.15) is 11.1 Å². The highest BCUT2D eigenvalue weighted by atomic mass is 79.9. The lowest BCUT2D eigenvalue weighted by Gasteiger charge is -2.13. The molecule has 1 saturated heterocycles. The Labute approximate surface area is 248 Å². The number of nitrogens with zero attached hydrogens (tertiary/aromatic N) is 1. The van der Waals surface area contributed by atoms with Crippen molar-refractivity contribution in [1.29, 1.82) is 0 Å². The zero-order valence-electron chi connectivity index (χ0n) is 21.3. The zero-order chi connectivity index (χ0) is 28.8. The highest BCUT2D eigenvalue weighted by Crippen LogP contribution is 2.34. The fraction of sp³-hybridized carbons (Fsp3) is 0.143. The van der Waals surface area contributed by atoms with Crippen LogP contribution in [0.25, 0.3) is 6.08 Å². The third kappa shape index (κ3) is 7.44. The van der Waals surface area contributed by atoms with Crippen molar-refractivity contribution in [3.63, 3.8) is 0 Å². The van der Waals surface area contributed by atoms with Crippen LogP contribution in [0, 0.1) is 6.92 Å². The molecule has 1 aliphatic heterocycles. The molecule has 4 rings (SSSR count). The summed E-state index contributed by atoms with van der Waals surface area (Å²) in [5.41, 5.74) is 2.73. The fourth-order valence-electron chi connectivity index (χ4n) is 3.58. The van der Waals surface area contributed by atoms with Crippen molar-refractivity contribution in [1.82, 2.24) is 4.90 Å². The molecule has 0 saturated carbocycles.